The summed E-state index contributed by atoms with van der Waals surface area (Å²) in [5.41, 5.74) is 0.575. The Morgan fingerprint density at radius 2 is 2.17 bits per heavy atom. The highest BCUT2D eigenvalue weighted by Crippen LogP contribution is 2.10. The number of nitriles is 1. The molecule has 1 unspecified atom stereocenters. The molecule has 1 atom stereocenters. The van der Waals surface area contributed by atoms with Gasteiger partial charge in [0, 0.05) is 12.1 Å². The molecule has 1 aromatic carbocycles. The van der Waals surface area contributed by atoms with Crippen molar-refractivity contribution in [1.82, 2.24) is 0 Å². The topological polar surface area (TPSA) is 97.8 Å². The quantitative estimate of drug-likeness (QED) is 0.351. The lowest BCUT2D eigenvalue weighted by atomic mass is 10.1. The van der Waals surface area contributed by atoms with E-state index in [9.17, 15) is 10.0 Å². The zero-order chi connectivity index (χ0) is 13.5. The molecule has 0 bridgehead atoms. The fourth-order valence-corrected chi connectivity index (χ4v) is 1.23. The highest BCUT2D eigenvalue weighted by Gasteiger charge is 2.09. The second-order valence-electron chi connectivity index (χ2n) is 3.32. The SMILES string of the molecule is CCOC(=O)/C(C#N)=C\c1ccc([NH+]([O-])O)cc1. The molecule has 6 heteroatoms. The summed E-state index contributed by atoms with van der Waals surface area (Å²) in [7, 11) is 0. The van der Waals surface area contributed by atoms with Crippen LogP contribution in [0.3, 0.4) is 0 Å². The standard InChI is InChI=1S/C12H12N2O4/c1-2-18-12(15)10(8-13)7-9-3-5-11(6-4-9)14(16)17/h3-7,14,16H,2H2,1H3/b10-7-. The number of ether oxygens (including phenoxy) is 1. The minimum absolute atomic E-state index is 0.125. The molecule has 0 spiro atoms. The van der Waals surface area contributed by atoms with Gasteiger partial charge in [0.2, 0.25) is 0 Å². The largest absolute Gasteiger partial charge is 0.595 e. The van der Waals surface area contributed by atoms with Gasteiger partial charge in [0.25, 0.3) is 0 Å². The molecule has 6 nitrogen and oxygen atoms in total. The van der Waals surface area contributed by atoms with E-state index in [1.807, 2.05) is 0 Å². The monoisotopic (exact) mass is 248 g/mol. The average molecular weight is 248 g/mol. The van der Waals surface area contributed by atoms with Crippen LogP contribution in [0, 0.1) is 16.5 Å². The summed E-state index contributed by atoms with van der Waals surface area (Å²) in [4.78, 5) is 11.3. The number of rotatable bonds is 4. The second-order valence-corrected chi connectivity index (χ2v) is 3.32. The first-order valence-corrected chi connectivity index (χ1v) is 5.20. The van der Waals surface area contributed by atoms with Crippen LogP contribution in [-0.4, -0.2) is 17.8 Å². The van der Waals surface area contributed by atoms with Crippen LogP contribution in [0.1, 0.15) is 12.5 Å². The zero-order valence-corrected chi connectivity index (χ0v) is 9.71. The summed E-state index contributed by atoms with van der Waals surface area (Å²) in [5, 5.41) is 27.1. The van der Waals surface area contributed by atoms with Gasteiger partial charge in [-0.3, -0.25) is 0 Å². The summed E-state index contributed by atoms with van der Waals surface area (Å²) in [6.07, 6.45) is 1.35. The summed E-state index contributed by atoms with van der Waals surface area (Å²) < 4.78 is 4.71. The van der Waals surface area contributed by atoms with E-state index < -0.39 is 11.2 Å². The Morgan fingerprint density at radius 1 is 1.56 bits per heavy atom. The van der Waals surface area contributed by atoms with Crippen LogP contribution in [0.25, 0.3) is 6.08 Å². The third-order valence-corrected chi connectivity index (χ3v) is 2.08. The lowest BCUT2D eigenvalue weighted by Crippen LogP contribution is -2.99. The van der Waals surface area contributed by atoms with Gasteiger partial charge in [0.05, 0.1) is 6.61 Å². The average Bonchev–Trinajstić information content (AvgIpc) is 2.36. The Kier molecular flexibility index (Phi) is 5.02. The van der Waals surface area contributed by atoms with Crippen LogP contribution in [0.5, 0.6) is 0 Å². The lowest BCUT2D eigenvalue weighted by Gasteiger charge is -2.10. The first-order chi connectivity index (χ1) is 8.58. The van der Waals surface area contributed by atoms with Gasteiger partial charge in [0.15, 0.2) is 5.69 Å². The van der Waals surface area contributed by atoms with Crippen LogP contribution in [0.2, 0.25) is 0 Å². The second kappa shape index (κ2) is 6.51. The van der Waals surface area contributed by atoms with E-state index in [0.29, 0.717) is 5.56 Å². The van der Waals surface area contributed by atoms with E-state index in [1.54, 1.807) is 13.0 Å². The molecule has 0 heterocycles. The van der Waals surface area contributed by atoms with Crippen molar-refractivity contribution in [3.05, 3.63) is 40.6 Å². The minimum atomic E-state index is -1.03. The van der Waals surface area contributed by atoms with Crippen molar-refractivity contribution >= 4 is 17.7 Å². The number of carbonyl (C=O) groups excluding carboxylic acids is 1. The number of hydrogen-bond donors (Lipinski definition) is 2. The van der Waals surface area contributed by atoms with Crippen molar-refractivity contribution in [2.24, 2.45) is 0 Å². The highest BCUT2D eigenvalue weighted by molar-refractivity contribution is 5.97. The maximum Gasteiger partial charge on any atom is 0.348 e. The van der Waals surface area contributed by atoms with E-state index in [0.717, 1.165) is 0 Å². The Hall–Kier alpha value is -2.20. The number of nitrogens with one attached hydrogen (secondary N) is 1. The van der Waals surface area contributed by atoms with Gasteiger partial charge in [-0.05, 0) is 30.7 Å². The molecule has 0 saturated heterocycles. The molecular formula is C12H12N2O4. The smallest absolute Gasteiger partial charge is 0.348 e. The van der Waals surface area contributed by atoms with Crippen molar-refractivity contribution in [2.75, 3.05) is 6.61 Å². The third-order valence-electron chi connectivity index (χ3n) is 2.08. The number of nitrogens with zero attached hydrogens (tertiary/aromatic N) is 1. The van der Waals surface area contributed by atoms with E-state index in [2.05, 4.69) is 0 Å². The van der Waals surface area contributed by atoms with Crippen molar-refractivity contribution in [3.63, 3.8) is 0 Å². The molecule has 0 aliphatic rings. The lowest BCUT2D eigenvalue weighted by molar-refractivity contribution is -0.991. The Labute approximate surface area is 104 Å². The van der Waals surface area contributed by atoms with Crippen molar-refractivity contribution in [3.8, 4) is 6.07 Å². The summed E-state index contributed by atoms with van der Waals surface area (Å²) >= 11 is 0. The Bertz CT molecular complexity index is 486. The Morgan fingerprint density at radius 3 is 2.61 bits per heavy atom. The molecule has 18 heavy (non-hydrogen) atoms. The normalized spacial score (nSPS) is 12.7. The molecule has 2 N–H and O–H groups in total. The summed E-state index contributed by atoms with van der Waals surface area (Å²) in [6, 6.07) is 7.56. The van der Waals surface area contributed by atoms with Gasteiger partial charge in [-0.15, -0.1) is 0 Å². The van der Waals surface area contributed by atoms with Gasteiger partial charge in [-0.1, -0.05) is 0 Å². The highest BCUT2D eigenvalue weighted by atomic mass is 16.8. The number of hydrogen-bond acceptors (Lipinski definition) is 5. The van der Waals surface area contributed by atoms with Crippen LogP contribution in [-0.2, 0) is 9.53 Å². The number of esters is 1. The van der Waals surface area contributed by atoms with Gasteiger partial charge < -0.3 is 9.94 Å². The first kappa shape index (κ1) is 13.9. The fraction of sp³-hybridized carbons (Fsp3) is 0.167. The predicted molar refractivity (Wildman–Crippen MR) is 62.4 cm³/mol. The van der Waals surface area contributed by atoms with Gasteiger partial charge >= 0.3 is 5.97 Å². The zero-order valence-electron chi connectivity index (χ0n) is 9.71. The van der Waals surface area contributed by atoms with Gasteiger partial charge in [-0.2, -0.15) is 10.5 Å². The van der Waals surface area contributed by atoms with Crippen LogP contribution < -0.4 is 5.23 Å². The van der Waals surface area contributed by atoms with E-state index >= 15 is 0 Å². The molecule has 1 aromatic rings. The molecule has 0 aliphatic carbocycles. The molecule has 0 fully saturated rings. The number of carbonyl (C=O) groups is 1. The summed E-state index contributed by atoms with van der Waals surface area (Å²) in [5.74, 6) is -0.692. The maximum absolute atomic E-state index is 11.3. The van der Waals surface area contributed by atoms with Crippen molar-refractivity contribution in [1.29, 1.82) is 5.26 Å². The third kappa shape index (κ3) is 3.68. The van der Waals surface area contributed by atoms with Crippen molar-refractivity contribution in [2.45, 2.75) is 6.92 Å². The fourth-order valence-electron chi connectivity index (χ4n) is 1.23. The molecular weight excluding hydrogens is 236 g/mol. The van der Waals surface area contributed by atoms with E-state index in [1.165, 1.54) is 30.3 Å². The summed E-state index contributed by atoms with van der Waals surface area (Å²) in [6.45, 7) is 1.84. The van der Waals surface area contributed by atoms with Crippen LogP contribution in [0.15, 0.2) is 29.8 Å². The minimum Gasteiger partial charge on any atom is -0.595 e. The molecule has 0 saturated carbocycles. The predicted octanol–water partition coefficient (Wildman–Crippen LogP) is 0.560. The molecule has 94 valence electrons. The molecule has 1 rings (SSSR count). The number of quaternary nitrogens is 1. The Balaban J connectivity index is 2.93. The van der Waals surface area contributed by atoms with E-state index in [4.69, 9.17) is 15.2 Å². The molecule has 0 radical (unpaired) electrons. The van der Waals surface area contributed by atoms with Gasteiger partial charge in [-0.25, -0.2) is 10.0 Å². The number of benzene rings is 1. The first-order valence-electron chi connectivity index (χ1n) is 5.20. The van der Waals surface area contributed by atoms with Crippen LogP contribution >= 0.6 is 0 Å². The van der Waals surface area contributed by atoms with E-state index in [-0.39, 0.29) is 17.9 Å². The van der Waals surface area contributed by atoms with Crippen LogP contribution in [0.4, 0.5) is 5.69 Å². The molecule has 0 aliphatic heterocycles. The maximum atomic E-state index is 11.3. The van der Waals surface area contributed by atoms with Crippen molar-refractivity contribution < 1.29 is 20.0 Å². The van der Waals surface area contributed by atoms with Gasteiger partial charge in [0.1, 0.15) is 11.6 Å². The molecule has 0 amide bonds. The molecule has 0 aromatic heterocycles.